The molecule has 3 aliphatic rings. The number of carbonyl (C=O) groups is 3. The fourth-order valence-corrected chi connectivity index (χ4v) is 3.82. The van der Waals surface area contributed by atoms with Crippen molar-refractivity contribution in [1.82, 2.24) is 0 Å². The molecule has 0 aromatic carbocycles. The topological polar surface area (TPSA) is 78.9 Å². The Kier molecular flexibility index (Phi) is 4.24. The Morgan fingerprint density at radius 3 is 2.10 bits per heavy atom. The summed E-state index contributed by atoms with van der Waals surface area (Å²) in [7, 11) is 0. The summed E-state index contributed by atoms with van der Waals surface area (Å²) < 4.78 is 14.9. The summed E-state index contributed by atoms with van der Waals surface area (Å²) in [5.74, 6) is -0.802. The van der Waals surface area contributed by atoms with Gasteiger partial charge in [-0.05, 0) is 43.9 Å². The quantitative estimate of drug-likeness (QED) is 0.566. The van der Waals surface area contributed by atoms with Crippen molar-refractivity contribution in [3.05, 3.63) is 0 Å². The number of ether oxygens (including phenoxy) is 3. The second-order valence-corrected chi connectivity index (χ2v) is 6.16. The van der Waals surface area contributed by atoms with E-state index in [9.17, 15) is 14.4 Å². The predicted octanol–water partition coefficient (Wildman–Crippen LogP) is 1.42. The maximum absolute atomic E-state index is 11.9. The maximum atomic E-state index is 11.9. The summed E-state index contributed by atoms with van der Waals surface area (Å²) in [5.41, 5.74) is 0. The Labute approximate surface area is 123 Å². The lowest BCUT2D eigenvalue weighted by Crippen LogP contribution is -2.31. The van der Waals surface area contributed by atoms with Gasteiger partial charge in [0.15, 0.2) is 6.79 Å². The zero-order valence-electron chi connectivity index (χ0n) is 11.9. The summed E-state index contributed by atoms with van der Waals surface area (Å²) >= 11 is 0. The lowest BCUT2D eigenvalue weighted by atomic mass is 9.71. The van der Waals surface area contributed by atoms with Gasteiger partial charge < -0.3 is 14.2 Å². The van der Waals surface area contributed by atoms with Crippen LogP contribution < -0.4 is 0 Å². The van der Waals surface area contributed by atoms with E-state index in [2.05, 4.69) is 4.74 Å². The van der Waals surface area contributed by atoms with Gasteiger partial charge >= 0.3 is 17.9 Å². The first-order chi connectivity index (χ1) is 10.1. The van der Waals surface area contributed by atoms with Gasteiger partial charge in [-0.3, -0.25) is 14.4 Å². The minimum absolute atomic E-state index is 0.0563. The minimum Gasteiger partial charge on any atom is -0.438 e. The van der Waals surface area contributed by atoms with Crippen LogP contribution in [0.2, 0.25) is 0 Å². The molecule has 1 saturated carbocycles. The lowest BCUT2D eigenvalue weighted by Gasteiger charge is -2.33. The van der Waals surface area contributed by atoms with E-state index in [1.54, 1.807) is 0 Å². The van der Waals surface area contributed by atoms with E-state index < -0.39 is 5.97 Å². The summed E-state index contributed by atoms with van der Waals surface area (Å²) in [4.78, 5) is 34.7. The van der Waals surface area contributed by atoms with Crippen LogP contribution in [-0.4, -0.2) is 31.3 Å². The molecule has 0 N–H and O–H groups in total. The molecule has 6 nitrogen and oxygen atoms in total. The van der Waals surface area contributed by atoms with Gasteiger partial charge in [0.05, 0.1) is 24.9 Å². The van der Waals surface area contributed by atoms with Crippen LogP contribution >= 0.6 is 0 Å². The van der Waals surface area contributed by atoms with Crippen molar-refractivity contribution in [2.24, 2.45) is 23.7 Å². The molecular weight excluding hydrogens is 276 g/mol. The van der Waals surface area contributed by atoms with Gasteiger partial charge in [0.25, 0.3) is 0 Å². The highest BCUT2D eigenvalue weighted by molar-refractivity contribution is 5.94. The third-order valence-corrected chi connectivity index (χ3v) is 5.02. The van der Waals surface area contributed by atoms with Crippen LogP contribution in [-0.2, 0) is 28.6 Å². The molecule has 2 aliphatic heterocycles. The van der Waals surface area contributed by atoms with Crippen LogP contribution in [0.1, 0.15) is 38.5 Å². The van der Waals surface area contributed by atoms with E-state index in [0.717, 1.165) is 25.7 Å². The molecule has 116 valence electrons. The molecule has 2 saturated heterocycles. The molecular formula is C15H20O6. The van der Waals surface area contributed by atoms with Crippen LogP contribution in [0.4, 0.5) is 0 Å². The third-order valence-electron chi connectivity index (χ3n) is 5.02. The van der Waals surface area contributed by atoms with Crippen LogP contribution in [0.5, 0.6) is 0 Å². The van der Waals surface area contributed by atoms with E-state index in [4.69, 9.17) is 9.47 Å². The molecule has 2 heterocycles. The molecule has 0 bridgehead atoms. The fraction of sp³-hybridized carbons (Fsp3) is 0.800. The molecule has 0 amide bonds. The smallest absolute Gasteiger partial charge is 0.317 e. The zero-order chi connectivity index (χ0) is 14.8. The summed E-state index contributed by atoms with van der Waals surface area (Å²) in [5, 5.41) is 0. The van der Waals surface area contributed by atoms with E-state index in [1.807, 2.05) is 0 Å². The number of carbonyl (C=O) groups excluding carboxylic acids is 3. The first kappa shape index (κ1) is 14.5. The highest BCUT2D eigenvalue weighted by Gasteiger charge is 2.42. The van der Waals surface area contributed by atoms with E-state index in [1.165, 1.54) is 0 Å². The van der Waals surface area contributed by atoms with Crippen molar-refractivity contribution in [1.29, 1.82) is 0 Å². The first-order valence-corrected chi connectivity index (χ1v) is 7.64. The summed E-state index contributed by atoms with van der Waals surface area (Å²) in [6, 6.07) is 0. The van der Waals surface area contributed by atoms with Crippen molar-refractivity contribution >= 4 is 17.9 Å². The summed E-state index contributed by atoms with van der Waals surface area (Å²) in [6.45, 7) is 0.612. The van der Waals surface area contributed by atoms with Gasteiger partial charge in [-0.25, -0.2) is 0 Å². The minimum atomic E-state index is -0.406. The Morgan fingerprint density at radius 2 is 1.48 bits per heavy atom. The Balaban J connectivity index is 1.56. The molecule has 0 aromatic heterocycles. The Bertz CT molecular complexity index is 437. The molecule has 3 fully saturated rings. The molecule has 21 heavy (non-hydrogen) atoms. The summed E-state index contributed by atoms with van der Waals surface area (Å²) in [6.07, 6.45) is 4.43. The van der Waals surface area contributed by atoms with Crippen molar-refractivity contribution < 1.29 is 28.6 Å². The van der Waals surface area contributed by atoms with Gasteiger partial charge in [0.1, 0.15) is 0 Å². The van der Waals surface area contributed by atoms with E-state index in [-0.39, 0.29) is 42.9 Å². The van der Waals surface area contributed by atoms with Crippen LogP contribution in [0, 0.1) is 23.7 Å². The van der Waals surface area contributed by atoms with Crippen LogP contribution in [0.3, 0.4) is 0 Å². The van der Waals surface area contributed by atoms with Crippen molar-refractivity contribution in [3.63, 3.8) is 0 Å². The average molecular weight is 296 g/mol. The number of hydrogen-bond donors (Lipinski definition) is 0. The highest BCUT2D eigenvalue weighted by Crippen LogP contribution is 2.41. The Hall–Kier alpha value is -1.43. The van der Waals surface area contributed by atoms with Crippen molar-refractivity contribution in [2.75, 3.05) is 13.4 Å². The normalized spacial score (nSPS) is 37.8. The van der Waals surface area contributed by atoms with Gasteiger partial charge in [-0.1, -0.05) is 0 Å². The first-order valence-electron chi connectivity index (χ1n) is 7.64. The molecule has 6 heteroatoms. The van der Waals surface area contributed by atoms with Gasteiger partial charge in [-0.15, -0.1) is 0 Å². The standard InChI is InChI=1S/C15H20O6/c16-13-7-12(15(18)21-13)10-3-1-9(2-4-10)11-5-6-19-8-20-14(11)17/h9-12H,1-8H2. The lowest BCUT2D eigenvalue weighted by molar-refractivity contribution is -0.158. The van der Waals surface area contributed by atoms with E-state index in [0.29, 0.717) is 18.9 Å². The van der Waals surface area contributed by atoms with Gasteiger partial charge in [0, 0.05) is 0 Å². The number of cyclic esters (lactones) is 3. The van der Waals surface area contributed by atoms with Gasteiger partial charge in [-0.2, -0.15) is 0 Å². The van der Waals surface area contributed by atoms with Crippen LogP contribution in [0.25, 0.3) is 0 Å². The van der Waals surface area contributed by atoms with Crippen LogP contribution in [0.15, 0.2) is 0 Å². The monoisotopic (exact) mass is 296 g/mol. The van der Waals surface area contributed by atoms with Crippen molar-refractivity contribution in [3.8, 4) is 0 Å². The molecule has 0 radical (unpaired) electrons. The second-order valence-electron chi connectivity index (χ2n) is 6.16. The SMILES string of the molecule is O=C1CC(C2CCC(C3CCOCOC3=O)CC2)C(=O)O1. The van der Waals surface area contributed by atoms with Gasteiger partial charge in [0.2, 0.25) is 0 Å². The van der Waals surface area contributed by atoms with Crippen molar-refractivity contribution in [2.45, 2.75) is 38.5 Å². The molecule has 2 unspecified atom stereocenters. The fourth-order valence-electron chi connectivity index (χ4n) is 3.82. The largest absolute Gasteiger partial charge is 0.438 e. The molecule has 0 aromatic rings. The maximum Gasteiger partial charge on any atom is 0.317 e. The zero-order valence-corrected chi connectivity index (χ0v) is 11.9. The Morgan fingerprint density at radius 1 is 0.810 bits per heavy atom. The molecule has 0 spiro atoms. The number of hydrogen-bond acceptors (Lipinski definition) is 6. The molecule has 2 atom stereocenters. The number of rotatable bonds is 2. The third kappa shape index (κ3) is 3.10. The predicted molar refractivity (Wildman–Crippen MR) is 69.7 cm³/mol. The van der Waals surface area contributed by atoms with E-state index >= 15 is 0 Å². The number of esters is 3. The second kappa shape index (κ2) is 6.13. The molecule has 3 rings (SSSR count). The average Bonchev–Trinajstić information content (AvgIpc) is 2.68. The molecule has 1 aliphatic carbocycles. The highest BCUT2D eigenvalue weighted by atomic mass is 16.7.